The van der Waals surface area contributed by atoms with E-state index in [0.717, 1.165) is 17.8 Å². The molecule has 0 aromatic rings. The van der Waals surface area contributed by atoms with Gasteiger partial charge in [-0.1, -0.05) is 42.6 Å². The summed E-state index contributed by atoms with van der Waals surface area (Å²) in [6, 6.07) is 0. The fourth-order valence-corrected chi connectivity index (χ4v) is 4.87. The molecule has 1 aliphatic rings. The summed E-state index contributed by atoms with van der Waals surface area (Å²) in [6.45, 7) is 4.67. The molecule has 1 rings (SSSR count). The Kier molecular flexibility index (Phi) is 6.60. The monoisotopic (exact) mass is 278 g/mol. The maximum atomic E-state index is 3.62. The fourth-order valence-electron chi connectivity index (χ4n) is 1.98. The Morgan fingerprint density at radius 3 is 2.43 bits per heavy atom. The van der Waals surface area contributed by atoms with Crippen LogP contribution in [0.3, 0.4) is 0 Å². The van der Waals surface area contributed by atoms with Crippen LogP contribution in [0.25, 0.3) is 0 Å². The SMILES string of the molecule is CC(C)C(CBr)CSCC1CCCC1. The molecule has 2 heteroatoms. The summed E-state index contributed by atoms with van der Waals surface area (Å²) >= 11 is 5.80. The molecule has 1 saturated carbocycles. The Bertz CT molecular complexity index is 141. The second-order valence-corrected chi connectivity index (χ2v) is 6.57. The van der Waals surface area contributed by atoms with Crippen molar-refractivity contribution < 1.29 is 0 Å². The number of rotatable bonds is 6. The van der Waals surface area contributed by atoms with E-state index in [1.54, 1.807) is 0 Å². The summed E-state index contributed by atoms with van der Waals surface area (Å²) < 4.78 is 0. The largest absolute Gasteiger partial charge is 0.161 e. The number of thioether (sulfide) groups is 1. The Morgan fingerprint density at radius 2 is 1.93 bits per heavy atom. The molecule has 0 radical (unpaired) electrons. The maximum absolute atomic E-state index is 3.62. The zero-order valence-electron chi connectivity index (χ0n) is 9.47. The van der Waals surface area contributed by atoms with Crippen molar-refractivity contribution in [1.82, 2.24) is 0 Å². The van der Waals surface area contributed by atoms with Crippen LogP contribution >= 0.6 is 27.7 Å². The Labute approximate surface area is 102 Å². The van der Waals surface area contributed by atoms with Gasteiger partial charge in [-0.15, -0.1) is 0 Å². The van der Waals surface area contributed by atoms with Gasteiger partial charge < -0.3 is 0 Å². The lowest BCUT2D eigenvalue weighted by atomic mass is 10.0. The molecule has 0 heterocycles. The normalized spacial score (nSPS) is 20.6. The highest BCUT2D eigenvalue weighted by Gasteiger charge is 2.16. The smallest absolute Gasteiger partial charge is 0.00699 e. The second-order valence-electron chi connectivity index (χ2n) is 4.85. The van der Waals surface area contributed by atoms with Gasteiger partial charge in [0.15, 0.2) is 0 Å². The molecule has 0 nitrogen and oxygen atoms in total. The predicted octanol–water partition coefficient (Wildman–Crippen LogP) is 4.58. The highest BCUT2D eigenvalue weighted by Crippen LogP contribution is 2.29. The maximum Gasteiger partial charge on any atom is 0.00699 e. The van der Waals surface area contributed by atoms with E-state index in [0.29, 0.717) is 0 Å². The third-order valence-electron chi connectivity index (χ3n) is 3.30. The Hall–Kier alpha value is 0.830. The first-order chi connectivity index (χ1) is 6.74. The van der Waals surface area contributed by atoms with Gasteiger partial charge in [0.1, 0.15) is 0 Å². The van der Waals surface area contributed by atoms with Crippen LogP contribution in [0.4, 0.5) is 0 Å². The quantitative estimate of drug-likeness (QED) is 0.641. The van der Waals surface area contributed by atoms with Crippen LogP contribution in [0.2, 0.25) is 0 Å². The molecule has 0 aromatic carbocycles. The van der Waals surface area contributed by atoms with Crippen LogP contribution in [0.1, 0.15) is 39.5 Å². The van der Waals surface area contributed by atoms with Gasteiger partial charge in [0, 0.05) is 5.33 Å². The summed E-state index contributed by atoms with van der Waals surface area (Å²) in [6.07, 6.45) is 5.95. The van der Waals surface area contributed by atoms with Crippen molar-refractivity contribution >= 4 is 27.7 Å². The standard InChI is InChI=1S/C12H23BrS/c1-10(2)12(7-13)9-14-8-11-5-3-4-6-11/h10-12H,3-9H2,1-2H3. The third kappa shape index (κ3) is 4.57. The predicted molar refractivity (Wildman–Crippen MR) is 71.4 cm³/mol. The molecule has 0 N–H and O–H groups in total. The average Bonchev–Trinajstić information content (AvgIpc) is 2.64. The first kappa shape index (κ1) is 12.9. The van der Waals surface area contributed by atoms with Gasteiger partial charge >= 0.3 is 0 Å². The molecule has 1 fully saturated rings. The Morgan fingerprint density at radius 1 is 1.29 bits per heavy atom. The molecule has 1 atom stereocenters. The van der Waals surface area contributed by atoms with Crippen LogP contribution in [0.5, 0.6) is 0 Å². The van der Waals surface area contributed by atoms with Crippen molar-refractivity contribution in [3.8, 4) is 0 Å². The van der Waals surface area contributed by atoms with E-state index in [-0.39, 0.29) is 0 Å². The zero-order valence-corrected chi connectivity index (χ0v) is 11.9. The molecular formula is C12H23BrS. The molecular weight excluding hydrogens is 256 g/mol. The van der Waals surface area contributed by atoms with E-state index >= 15 is 0 Å². The summed E-state index contributed by atoms with van der Waals surface area (Å²) in [7, 11) is 0. The van der Waals surface area contributed by atoms with Crippen molar-refractivity contribution in [1.29, 1.82) is 0 Å². The van der Waals surface area contributed by atoms with E-state index < -0.39 is 0 Å². The molecule has 0 spiro atoms. The Balaban J connectivity index is 2.06. The van der Waals surface area contributed by atoms with E-state index in [1.807, 2.05) is 0 Å². The van der Waals surface area contributed by atoms with Crippen LogP contribution in [-0.4, -0.2) is 16.8 Å². The lowest BCUT2D eigenvalue weighted by Crippen LogP contribution is -2.14. The van der Waals surface area contributed by atoms with Crippen molar-refractivity contribution in [3.05, 3.63) is 0 Å². The summed E-state index contributed by atoms with van der Waals surface area (Å²) in [5.74, 6) is 5.49. The molecule has 0 saturated heterocycles. The van der Waals surface area contributed by atoms with E-state index in [1.165, 1.54) is 42.5 Å². The fraction of sp³-hybridized carbons (Fsp3) is 1.00. The van der Waals surface area contributed by atoms with Crippen molar-refractivity contribution in [2.45, 2.75) is 39.5 Å². The number of halogens is 1. The van der Waals surface area contributed by atoms with Crippen molar-refractivity contribution in [3.63, 3.8) is 0 Å². The molecule has 1 unspecified atom stereocenters. The topological polar surface area (TPSA) is 0 Å². The number of alkyl halides is 1. The highest BCUT2D eigenvalue weighted by atomic mass is 79.9. The van der Waals surface area contributed by atoms with Gasteiger partial charge in [-0.2, -0.15) is 11.8 Å². The van der Waals surface area contributed by atoms with Crippen LogP contribution in [0.15, 0.2) is 0 Å². The van der Waals surface area contributed by atoms with Gasteiger partial charge in [-0.3, -0.25) is 0 Å². The minimum Gasteiger partial charge on any atom is -0.161 e. The zero-order chi connectivity index (χ0) is 10.4. The number of hydrogen-bond donors (Lipinski definition) is 0. The van der Waals surface area contributed by atoms with Gasteiger partial charge in [-0.25, -0.2) is 0 Å². The van der Waals surface area contributed by atoms with Gasteiger partial charge in [-0.05, 0) is 42.1 Å². The molecule has 0 aliphatic heterocycles. The summed E-state index contributed by atoms with van der Waals surface area (Å²) in [4.78, 5) is 0. The van der Waals surface area contributed by atoms with Gasteiger partial charge in [0.25, 0.3) is 0 Å². The molecule has 1 aliphatic carbocycles. The molecule has 84 valence electrons. The van der Waals surface area contributed by atoms with Crippen molar-refractivity contribution in [2.24, 2.45) is 17.8 Å². The lowest BCUT2D eigenvalue weighted by Gasteiger charge is -2.18. The first-order valence-electron chi connectivity index (χ1n) is 5.87. The van der Waals surface area contributed by atoms with Crippen LogP contribution in [-0.2, 0) is 0 Å². The minimum atomic E-state index is 0.824. The lowest BCUT2D eigenvalue weighted by molar-refractivity contribution is 0.474. The van der Waals surface area contributed by atoms with Crippen LogP contribution < -0.4 is 0 Å². The van der Waals surface area contributed by atoms with Crippen LogP contribution in [0, 0.1) is 17.8 Å². The van der Waals surface area contributed by atoms with Gasteiger partial charge in [0.05, 0.1) is 0 Å². The van der Waals surface area contributed by atoms with E-state index in [4.69, 9.17) is 0 Å². The van der Waals surface area contributed by atoms with Crippen molar-refractivity contribution in [2.75, 3.05) is 16.8 Å². The molecule has 0 aromatic heterocycles. The third-order valence-corrected chi connectivity index (χ3v) is 5.50. The first-order valence-corrected chi connectivity index (χ1v) is 8.15. The van der Waals surface area contributed by atoms with E-state index in [9.17, 15) is 0 Å². The average molecular weight is 279 g/mol. The second kappa shape index (κ2) is 7.16. The van der Waals surface area contributed by atoms with Gasteiger partial charge in [0.2, 0.25) is 0 Å². The molecule has 0 amide bonds. The highest BCUT2D eigenvalue weighted by molar-refractivity contribution is 9.09. The molecule has 14 heavy (non-hydrogen) atoms. The minimum absolute atomic E-state index is 0.824. The molecule has 0 bridgehead atoms. The number of hydrogen-bond acceptors (Lipinski definition) is 1. The van der Waals surface area contributed by atoms with E-state index in [2.05, 4.69) is 41.5 Å². The summed E-state index contributed by atoms with van der Waals surface area (Å²) in [5.41, 5.74) is 0. The summed E-state index contributed by atoms with van der Waals surface area (Å²) in [5, 5.41) is 1.17.